The van der Waals surface area contributed by atoms with E-state index < -0.39 is 35.0 Å². The lowest BCUT2D eigenvalue weighted by Gasteiger charge is -2.39. The highest BCUT2D eigenvalue weighted by molar-refractivity contribution is 5.90. The summed E-state index contributed by atoms with van der Waals surface area (Å²) in [5.41, 5.74) is -1.19. The number of amides is 3. The van der Waals surface area contributed by atoms with Gasteiger partial charge in [0.25, 0.3) is 0 Å². The molecule has 1 aromatic rings. The van der Waals surface area contributed by atoms with Crippen LogP contribution in [0.25, 0.3) is 0 Å². The van der Waals surface area contributed by atoms with E-state index in [1.165, 1.54) is 0 Å². The number of piperazine rings is 1. The fourth-order valence-corrected chi connectivity index (χ4v) is 5.37. The summed E-state index contributed by atoms with van der Waals surface area (Å²) >= 11 is 0. The van der Waals surface area contributed by atoms with Gasteiger partial charge in [-0.1, -0.05) is 64.7 Å². The first-order chi connectivity index (χ1) is 18.7. The number of benzene rings is 1. The Morgan fingerprint density at radius 3 is 2.02 bits per heavy atom. The van der Waals surface area contributed by atoms with Gasteiger partial charge in [-0.2, -0.15) is 0 Å². The number of para-hydroxylation sites is 1. The van der Waals surface area contributed by atoms with Crippen LogP contribution in [0.3, 0.4) is 0 Å². The number of rotatable bonds is 8. The molecule has 1 saturated heterocycles. The van der Waals surface area contributed by atoms with E-state index in [4.69, 9.17) is 9.47 Å². The lowest BCUT2D eigenvalue weighted by atomic mass is 9.84. The Hall–Kier alpha value is -3.10. The van der Waals surface area contributed by atoms with Gasteiger partial charge in [0.05, 0.1) is 6.42 Å². The van der Waals surface area contributed by atoms with Gasteiger partial charge in [0.2, 0.25) is 11.8 Å². The summed E-state index contributed by atoms with van der Waals surface area (Å²) in [7, 11) is 0. The van der Waals surface area contributed by atoms with E-state index >= 15 is 0 Å². The Kier molecular flexibility index (Phi) is 10.6. The third-order valence-corrected chi connectivity index (χ3v) is 7.49. The first-order valence-electron chi connectivity index (χ1n) is 14.6. The molecule has 1 aliphatic carbocycles. The van der Waals surface area contributed by atoms with Crippen LogP contribution in [0, 0.1) is 17.3 Å². The maximum absolute atomic E-state index is 13.7. The number of carbonyl (C=O) groups excluding carboxylic acids is 4. The molecule has 40 heavy (non-hydrogen) atoms. The van der Waals surface area contributed by atoms with Crippen LogP contribution in [-0.4, -0.2) is 71.5 Å². The topological polar surface area (TPSA) is 105 Å². The summed E-state index contributed by atoms with van der Waals surface area (Å²) in [5.74, 6) is -0.557. The molecule has 1 N–H and O–H groups in total. The molecule has 3 rings (SSSR count). The molecule has 9 heteroatoms. The normalized spacial score (nSPS) is 18.1. The maximum atomic E-state index is 13.7. The molecule has 0 spiro atoms. The van der Waals surface area contributed by atoms with Crippen LogP contribution in [0.1, 0.15) is 80.1 Å². The van der Waals surface area contributed by atoms with Crippen LogP contribution in [-0.2, 0) is 19.1 Å². The standard InChI is InChI=1S/C31H47N3O6/c1-30(2,3)26(28(37)33-16-18-34(19-17-33)29(38)39-24-14-8-7-9-15-24)32-27(36)23(20-22-12-10-11-13-22)21-25(35)40-31(4,5)6/h7-9,14-15,22-23,26H,10-13,16-21H2,1-6H3,(H,32,36)/t23-,26-/m1/s1. The van der Waals surface area contributed by atoms with Crippen molar-refractivity contribution in [1.82, 2.24) is 15.1 Å². The zero-order valence-corrected chi connectivity index (χ0v) is 25.0. The Bertz CT molecular complexity index is 1020. The average Bonchev–Trinajstić information content (AvgIpc) is 3.38. The van der Waals surface area contributed by atoms with Crippen LogP contribution in [0.5, 0.6) is 5.75 Å². The van der Waals surface area contributed by atoms with Gasteiger partial charge < -0.3 is 24.6 Å². The quantitative estimate of drug-likeness (QED) is 0.461. The first kappa shape index (κ1) is 31.4. The fourth-order valence-electron chi connectivity index (χ4n) is 5.37. The summed E-state index contributed by atoms with van der Waals surface area (Å²) in [6, 6.07) is 8.11. The highest BCUT2D eigenvalue weighted by atomic mass is 16.6. The van der Waals surface area contributed by atoms with E-state index in [9.17, 15) is 19.2 Å². The van der Waals surface area contributed by atoms with Crippen molar-refractivity contribution in [2.24, 2.45) is 17.3 Å². The van der Waals surface area contributed by atoms with Crippen LogP contribution >= 0.6 is 0 Å². The van der Waals surface area contributed by atoms with Crippen LogP contribution < -0.4 is 10.1 Å². The molecular formula is C31H47N3O6. The number of hydrogen-bond donors (Lipinski definition) is 1. The minimum atomic E-state index is -0.771. The molecule has 1 saturated carbocycles. The van der Waals surface area contributed by atoms with Gasteiger partial charge in [-0.05, 0) is 50.7 Å². The predicted octanol–water partition coefficient (Wildman–Crippen LogP) is 4.79. The summed E-state index contributed by atoms with van der Waals surface area (Å²) < 4.78 is 11.0. The summed E-state index contributed by atoms with van der Waals surface area (Å²) in [6.07, 6.45) is 4.54. The van der Waals surface area contributed by atoms with Crippen LogP contribution in [0.4, 0.5) is 4.79 Å². The van der Waals surface area contributed by atoms with E-state index in [1.54, 1.807) is 34.1 Å². The molecule has 3 amide bonds. The summed E-state index contributed by atoms with van der Waals surface area (Å²) in [6.45, 7) is 12.6. The molecule has 2 atom stereocenters. The van der Waals surface area contributed by atoms with Crippen molar-refractivity contribution in [3.05, 3.63) is 30.3 Å². The number of carbonyl (C=O) groups is 4. The van der Waals surface area contributed by atoms with E-state index in [1.807, 2.05) is 47.6 Å². The van der Waals surface area contributed by atoms with E-state index in [0.717, 1.165) is 25.7 Å². The molecule has 222 valence electrons. The van der Waals surface area contributed by atoms with Crippen molar-refractivity contribution in [3.8, 4) is 5.75 Å². The van der Waals surface area contributed by atoms with Crippen molar-refractivity contribution in [2.45, 2.75) is 91.7 Å². The number of nitrogens with one attached hydrogen (secondary N) is 1. The smallest absolute Gasteiger partial charge is 0.415 e. The lowest BCUT2D eigenvalue weighted by Crippen LogP contribution is -2.60. The van der Waals surface area contributed by atoms with Crippen LogP contribution in [0.15, 0.2) is 30.3 Å². The van der Waals surface area contributed by atoms with Gasteiger partial charge in [-0.3, -0.25) is 14.4 Å². The zero-order valence-electron chi connectivity index (χ0n) is 25.0. The van der Waals surface area contributed by atoms with Crippen molar-refractivity contribution >= 4 is 23.9 Å². The predicted molar refractivity (Wildman–Crippen MR) is 153 cm³/mol. The van der Waals surface area contributed by atoms with Gasteiger partial charge in [0.15, 0.2) is 0 Å². The second-order valence-corrected chi connectivity index (χ2v) is 13.2. The third kappa shape index (κ3) is 9.52. The molecule has 0 unspecified atom stereocenters. The number of esters is 1. The molecule has 1 heterocycles. The van der Waals surface area contributed by atoms with E-state index in [2.05, 4.69) is 5.32 Å². The fraction of sp³-hybridized carbons (Fsp3) is 0.677. The Morgan fingerprint density at radius 2 is 1.48 bits per heavy atom. The molecule has 1 aliphatic heterocycles. The van der Waals surface area contributed by atoms with Gasteiger partial charge in [0.1, 0.15) is 17.4 Å². The zero-order chi connectivity index (χ0) is 29.5. The molecular weight excluding hydrogens is 510 g/mol. The molecule has 0 aromatic heterocycles. The highest BCUT2D eigenvalue weighted by Gasteiger charge is 2.39. The minimum absolute atomic E-state index is 0.00709. The molecule has 9 nitrogen and oxygen atoms in total. The van der Waals surface area contributed by atoms with Crippen molar-refractivity contribution in [2.75, 3.05) is 26.2 Å². The minimum Gasteiger partial charge on any atom is -0.460 e. The highest BCUT2D eigenvalue weighted by Crippen LogP contribution is 2.32. The average molecular weight is 558 g/mol. The second-order valence-electron chi connectivity index (χ2n) is 13.2. The van der Waals surface area contributed by atoms with E-state index in [0.29, 0.717) is 44.3 Å². The Labute approximate surface area is 238 Å². The van der Waals surface area contributed by atoms with Crippen molar-refractivity contribution in [1.29, 1.82) is 0 Å². The Morgan fingerprint density at radius 1 is 0.900 bits per heavy atom. The van der Waals surface area contributed by atoms with Gasteiger partial charge in [-0.15, -0.1) is 0 Å². The molecule has 2 fully saturated rings. The molecule has 0 radical (unpaired) electrons. The number of hydrogen-bond acceptors (Lipinski definition) is 6. The second kappa shape index (κ2) is 13.5. The summed E-state index contributed by atoms with van der Waals surface area (Å²) in [5, 5.41) is 3.02. The number of nitrogens with zero attached hydrogens (tertiary/aromatic N) is 2. The van der Waals surface area contributed by atoms with Crippen molar-refractivity contribution in [3.63, 3.8) is 0 Å². The molecule has 2 aliphatic rings. The van der Waals surface area contributed by atoms with Gasteiger partial charge >= 0.3 is 12.1 Å². The molecule has 1 aromatic carbocycles. The van der Waals surface area contributed by atoms with Gasteiger partial charge in [0, 0.05) is 32.1 Å². The Balaban J connectivity index is 1.64. The van der Waals surface area contributed by atoms with Crippen LogP contribution in [0.2, 0.25) is 0 Å². The SMILES string of the molecule is CC(C)(C)OC(=O)C[C@@H](CC1CCCC1)C(=O)N[C@H](C(=O)N1CCN(C(=O)Oc2ccccc2)CC1)C(C)(C)C. The monoisotopic (exact) mass is 557 g/mol. The van der Waals surface area contributed by atoms with E-state index in [-0.39, 0.29) is 18.2 Å². The number of ether oxygens (including phenoxy) is 2. The molecule has 0 bridgehead atoms. The summed E-state index contributed by atoms with van der Waals surface area (Å²) in [4.78, 5) is 55.9. The van der Waals surface area contributed by atoms with Gasteiger partial charge in [-0.25, -0.2) is 4.79 Å². The maximum Gasteiger partial charge on any atom is 0.415 e. The lowest BCUT2D eigenvalue weighted by molar-refractivity contribution is -0.157. The first-order valence-corrected chi connectivity index (χ1v) is 14.6. The van der Waals surface area contributed by atoms with Crippen molar-refractivity contribution < 1.29 is 28.7 Å². The largest absolute Gasteiger partial charge is 0.460 e. The third-order valence-electron chi connectivity index (χ3n) is 7.49.